The van der Waals surface area contributed by atoms with E-state index in [1.165, 1.54) is 0 Å². The molecule has 28 heavy (non-hydrogen) atoms. The molecular weight excluding hydrogens is 456 g/mol. The van der Waals surface area contributed by atoms with Gasteiger partial charge >= 0.3 is 47.5 Å². The fourth-order valence-electron chi connectivity index (χ4n) is 1.45. The van der Waals surface area contributed by atoms with Crippen LogP contribution in [-0.2, 0) is 0 Å². The maximum Gasteiger partial charge on any atom is 0.400 e. The summed E-state index contributed by atoms with van der Waals surface area (Å²) in [6.07, 6.45) is -4.48. The molecule has 0 amide bonds. The maximum absolute atomic E-state index is 13.1. The second kappa shape index (κ2) is 6.40. The number of alkyl halides is 16. The molecule has 0 rings (SSSR count). The van der Waals surface area contributed by atoms with Crippen LogP contribution < -0.4 is 0 Å². The van der Waals surface area contributed by atoms with Crippen molar-refractivity contribution in [3.05, 3.63) is 0 Å². The third-order valence-electron chi connectivity index (χ3n) is 3.29. The van der Waals surface area contributed by atoms with Gasteiger partial charge in [-0.25, -0.2) is 4.39 Å². The molecule has 0 aliphatic heterocycles. The summed E-state index contributed by atoms with van der Waals surface area (Å²) in [5.74, 6) is -56.3. The monoisotopic (exact) mass is 462 g/mol. The largest absolute Gasteiger partial charge is 0.400 e. The zero-order chi connectivity index (χ0) is 23.6. The van der Waals surface area contributed by atoms with Crippen molar-refractivity contribution in [2.24, 2.45) is 0 Å². The van der Waals surface area contributed by atoms with Crippen LogP contribution in [0, 0.1) is 0 Å². The number of hydrogen-bond donors (Lipinski definition) is 2. The van der Waals surface area contributed by atoms with E-state index in [-0.39, 0.29) is 0 Å². The van der Waals surface area contributed by atoms with Crippen LogP contribution in [0.1, 0.15) is 6.92 Å². The molecule has 0 aromatic heterocycles. The van der Waals surface area contributed by atoms with Gasteiger partial charge in [-0.3, -0.25) is 0 Å². The Morgan fingerprint density at radius 2 is 0.679 bits per heavy atom. The first-order valence-corrected chi connectivity index (χ1v) is 6.12. The number of hydrogen-bond acceptors (Lipinski definition) is 2. The van der Waals surface area contributed by atoms with Gasteiger partial charge in [0, 0.05) is 0 Å². The van der Waals surface area contributed by atoms with Gasteiger partial charge in [0.25, 0.3) is 0 Å². The van der Waals surface area contributed by atoms with Gasteiger partial charge in [0.2, 0.25) is 0 Å². The van der Waals surface area contributed by atoms with Gasteiger partial charge in [0.05, 0.1) is 0 Å². The Balaban J connectivity index is 6.72. The van der Waals surface area contributed by atoms with E-state index in [1.807, 2.05) is 0 Å². The zero-order valence-corrected chi connectivity index (χ0v) is 12.5. The first kappa shape index (κ1) is 26.8. The van der Waals surface area contributed by atoms with E-state index in [0.717, 1.165) is 0 Å². The standard InChI is InChI=1S/C10H6F16O2/c1-2(11)3(12,13)4(14,15)5(16,17)6(18,19)7(20,21)8(22,23)9(24,25)10(26,27)28/h2,27-28H,1H3. The van der Waals surface area contributed by atoms with E-state index < -0.39 is 60.6 Å². The molecule has 170 valence electrons. The average Bonchev–Trinajstić information content (AvgIpc) is 2.44. The summed E-state index contributed by atoms with van der Waals surface area (Å²) in [5, 5.41) is 15.3. The Morgan fingerprint density at radius 3 is 0.893 bits per heavy atom. The van der Waals surface area contributed by atoms with E-state index >= 15 is 0 Å². The first-order valence-electron chi connectivity index (χ1n) is 6.12. The normalized spacial score (nSPS) is 17.7. The molecular formula is C10H6F16O2. The van der Waals surface area contributed by atoms with Crippen LogP contribution in [0.5, 0.6) is 0 Å². The van der Waals surface area contributed by atoms with Crippen molar-refractivity contribution in [1.82, 2.24) is 0 Å². The molecule has 0 aromatic rings. The zero-order valence-electron chi connectivity index (χ0n) is 12.5. The van der Waals surface area contributed by atoms with Crippen LogP contribution in [0.4, 0.5) is 70.2 Å². The van der Waals surface area contributed by atoms with Gasteiger partial charge in [-0.05, 0) is 6.92 Å². The number of halogens is 16. The van der Waals surface area contributed by atoms with Crippen LogP contribution in [-0.4, -0.2) is 63.9 Å². The minimum Gasteiger partial charge on any atom is -0.335 e. The minimum atomic E-state index is -8.56. The van der Waals surface area contributed by atoms with Crippen molar-refractivity contribution in [3.63, 3.8) is 0 Å². The maximum atomic E-state index is 13.1. The lowest BCUT2D eigenvalue weighted by Gasteiger charge is -2.43. The Kier molecular flexibility index (Phi) is 6.12. The highest BCUT2D eigenvalue weighted by atomic mass is 19.4. The van der Waals surface area contributed by atoms with Gasteiger partial charge in [-0.1, -0.05) is 0 Å². The van der Waals surface area contributed by atoms with E-state index in [4.69, 9.17) is 10.2 Å². The highest BCUT2D eigenvalue weighted by molar-refractivity contribution is 5.15. The molecule has 0 radical (unpaired) electrons. The Bertz CT molecular complexity index is 574. The van der Waals surface area contributed by atoms with Gasteiger partial charge < -0.3 is 10.2 Å². The van der Waals surface area contributed by atoms with Crippen molar-refractivity contribution >= 4 is 0 Å². The molecule has 1 atom stereocenters. The summed E-state index contributed by atoms with van der Waals surface area (Å²) in [5.41, 5.74) is 0. The van der Waals surface area contributed by atoms with Crippen molar-refractivity contribution in [1.29, 1.82) is 0 Å². The average molecular weight is 462 g/mol. The first-order chi connectivity index (χ1) is 11.7. The summed E-state index contributed by atoms with van der Waals surface area (Å²) in [6, 6.07) is -6.80. The second-order valence-corrected chi connectivity index (χ2v) is 5.27. The quantitative estimate of drug-likeness (QED) is 0.415. The van der Waals surface area contributed by atoms with E-state index in [1.54, 1.807) is 0 Å². The summed E-state index contributed by atoms with van der Waals surface area (Å²) in [6.45, 7) is -0.655. The van der Waals surface area contributed by atoms with Gasteiger partial charge in [-0.15, -0.1) is 0 Å². The number of rotatable bonds is 8. The fraction of sp³-hybridized carbons (Fsp3) is 1.00. The molecule has 2 nitrogen and oxygen atoms in total. The van der Waals surface area contributed by atoms with Crippen molar-refractivity contribution in [2.75, 3.05) is 0 Å². The molecule has 0 aliphatic carbocycles. The molecule has 0 saturated carbocycles. The molecule has 0 heterocycles. The second-order valence-electron chi connectivity index (χ2n) is 5.27. The Morgan fingerprint density at radius 1 is 0.464 bits per heavy atom. The minimum absolute atomic E-state index is 0.655. The third kappa shape index (κ3) is 3.06. The molecule has 0 spiro atoms. The fourth-order valence-corrected chi connectivity index (χ4v) is 1.45. The SMILES string of the molecule is CC(F)C(F)(F)C(F)(F)C(F)(F)C(F)(F)C(F)(F)C(F)(F)C(F)(F)C(O)(O)F. The Labute approximate surface area is 142 Å². The van der Waals surface area contributed by atoms with Crippen LogP contribution >= 0.6 is 0 Å². The molecule has 18 heteroatoms. The van der Waals surface area contributed by atoms with Crippen LogP contribution in [0.25, 0.3) is 0 Å². The van der Waals surface area contributed by atoms with Gasteiger partial charge in [0.1, 0.15) is 0 Å². The summed E-state index contributed by atoms with van der Waals surface area (Å²) in [7, 11) is 0. The van der Waals surface area contributed by atoms with Crippen LogP contribution in [0.2, 0.25) is 0 Å². The van der Waals surface area contributed by atoms with Crippen LogP contribution in [0.15, 0.2) is 0 Å². The molecule has 0 aliphatic rings. The van der Waals surface area contributed by atoms with Crippen molar-refractivity contribution in [2.45, 2.75) is 60.6 Å². The van der Waals surface area contributed by atoms with E-state index in [9.17, 15) is 70.2 Å². The van der Waals surface area contributed by atoms with Gasteiger partial charge in [-0.2, -0.15) is 65.9 Å². The molecule has 1 unspecified atom stereocenters. The number of aliphatic hydroxyl groups is 2. The van der Waals surface area contributed by atoms with Gasteiger partial charge in [0.15, 0.2) is 6.17 Å². The van der Waals surface area contributed by atoms with E-state index in [0.29, 0.717) is 0 Å². The highest BCUT2D eigenvalue weighted by Crippen LogP contribution is 2.63. The summed E-state index contributed by atoms with van der Waals surface area (Å²) in [4.78, 5) is 0. The lowest BCUT2D eigenvalue weighted by Crippen LogP contribution is -2.75. The topological polar surface area (TPSA) is 40.5 Å². The molecule has 0 saturated heterocycles. The van der Waals surface area contributed by atoms with Crippen LogP contribution in [0.3, 0.4) is 0 Å². The smallest absolute Gasteiger partial charge is 0.335 e. The molecule has 0 aromatic carbocycles. The Hall–Kier alpha value is -1.20. The van der Waals surface area contributed by atoms with E-state index in [2.05, 4.69) is 0 Å². The van der Waals surface area contributed by atoms with Crippen molar-refractivity contribution in [3.8, 4) is 0 Å². The highest BCUT2D eigenvalue weighted by Gasteiger charge is 2.95. The molecule has 2 N–H and O–H groups in total. The predicted octanol–water partition coefficient (Wildman–Crippen LogP) is 4.40. The lowest BCUT2D eigenvalue weighted by atomic mass is 9.88. The predicted molar refractivity (Wildman–Crippen MR) is 53.5 cm³/mol. The molecule has 0 fully saturated rings. The van der Waals surface area contributed by atoms with Crippen molar-refractivity contribution < 1.29 is 80.5 Å². The lowest BCUT2D eigenvalue weighted by molar-refractivity contribution is -0.479. The summed E-state index contributed by atoms with van der Waals surface area (Å²) >= 11 is 0. The molecule has 0 bridgehead atoms. The third-order valence-corrected chi connectivity index (χ3v) is 3.29. The summed E-state index contributed by atoms with van der Waals surface area (Å²) < 4.78 is 206.